The van der Waals surface area contributed by atoms with Gasteiger partial charge in [0.15, 0.2) is 0 Å². The van der Waals surface area contributed by atoms with Crippen molar-refractivity contribution in [2.75, 3.05) is 13.1 Å². The maximum atomic E-state index is 13.8. The first-order chi connectivity index (χ1) is 21.1. The summed E-state index contributed by atoms with van der Waals surface area (Å²) in [6.45, 7) is 6.55. The lowest BCUT2D eigenvalue weighted by molar-refractivity contribution is -0.129. The number of aliphatic hydroxyl groups excluding tert-OH is 2. The summed E-state index contributed by atoms with van der Waals surface area (Å²) in [5.74, 6) is -0.1000. The third-order valence-electron chi connectivity index (χ3n) is 8.41. The van der Waals surface area contributed by atoms with Crippen LogP contribution in [0.3, 0.4) is 0 Å². The molecule has 3 aromatic carbocycles. The van der Waals surface area contributed by atoms with Crippen molar-refractivity contribution >= 4 is 11.8 Å². The van der Waals surface area contributed by atoms with Crippen LogP contribution in [0.4, 0.5) is 0 Å². The first-order valence-corrected chi connectivity index (χ1v) is 15.6. The quantitative estimate of drug-likeness (QED) is 0.267. The largest absolute Gasteiger partial charge is 0.489 e. The Balaban J connectivity index is 1.30. The molecule has 1 aliphatic carbocycles. The molecule has 3 aromatic rings. The monoisotopic (exact) mass is 599 g/mol. The predicted molar refractivity (Wildman–Crippen MR) is 170 cm³/mol. The number of fused-ring (bicyclic) bond motifs is 1. The normalized spacial score (nSPS) is 23.0. The Morgan fingerprint density at radius 3 is 2.34 bits per heavy atom. The van der Waals surface area contributed by atoms with Gasteiger partial charge in [-0.1, -0.05) is 72.8 Å². The summed E-state index contributed by atoms with van der Waals surface area (Å²) in [4.78, 5) is 29.1. The Morgan fingerprint density at radius 2 is 1.64 bits per heavy atom. The van der Waals surface area contributed by atoms with Crippen LogP contribution < -0.4 is 15.4 Å². The zero-order valence-corrected chi connectivity index (χ0v) is 25.9. The molecular weight excluding hydrogens is 554 g/mol. The third-order valence-corrected chi connectivity index (χ3v) is 8.41. The first kappa shape index (κ1) is 31.7. The van der Waals surface area contributed by atoms with Crippen molar-refractivity contribution in [2.45, 2.75) is 82.4 Å². The van der Waals surface area contributed by atoms with Crippen molar-refractivity contribution in [3.8, 4) is 5.75 Å². The minimum absolute atomic E-state index is 0.101. The van der Waals surface area contributed by atoms with Gasteiger partial charge in [0.2, 0.25) is 11.8 Å². The molecule has 8 heteroatoms. The molecule has 0 spiro atoms. The number of carbonyl (C=O) groups is 2. The molecule has 0 radical (unpaired) electrons. The van der Waals surface area contributed by atoms with E-state index in [-0.39, 0.29) is 30.9 Å². The Morgan fingerprint density at radius 1 is 0.977 bits per heavy atom. The fourth-order valence-corrected chi connectivity index (χ4v) is 6.44. The van der Waals surface area contributed by atoms with E-state index in [0.717, 1.165) is 22.4 Å². The Bertz CT molecular complexity index is 1390. The Labute approximate surface area is 260 Å². The lowest BCUT2D eigenvalue weighted by Gasteiger charge is -2.30. The fraction of sp³-hybridized carbons (Fsp3) is 0.444. The van der Waals surface area contributed by atoms with Crippen LogP contribution in [-0.4, -0.2) is 69.9 Å². The number of nitrogens with zero attached hydrogens (tertiary/aromatic N) is 1. The second-order valence-corrected chi connectivity index (χ2v) is 13.2. The number of aliphatic hydroxyl groups is 2. The van der Waals surface area contributed by atoms with E-state index in [1.54, 1.807) is 0 Å². The predicted octanol–water partition coefficient (Wildman–Crippen LogP) is 3.81. The summed E-state index contributed by atoms with van der Waals surface area (Å²) in [6.07, 6.45) is -0.139. The number of ether oxygens (including phenoxy) is 1. The second-order valence-electron chi connectivity index (χ2n) is 13.2. The maximum absolute atomic E-state index is 13.8. The lowest BCUT2D eigenvalue weighted by Crippen LogP contribution is -2.51. The number of hydrogen-bond donors (Lipinski definition) is 4. The van der Waals surface area contributed by atoms with E-state index in [1.807, 2.05) is 111 Å². The topological polar surface area (TPSA) is 111 Å². The molecule has 44 heavy (non-hydrogen) atoms. The fourth-order valence-electron chi connectivity index (χ4n) is 6.44. The number of carbonyl (C=O) groups excluding carboxylic acids is 2. The molecule has 2 aliphatic rings. The summed E-state index contributed by atoms with van der Waals surface area (Å²) in [5, 5.41) is 28.4. The van der Waals surface area contributed by atoms with Gasteiger partial charge >= 0.3 is 0 Å². The van der Waals surface area contributed by atoms with E-state index in [2.05, 4.69) is 10.6 Å². The lowest BCUT2D eigenvalue weighted by atomic mass is 9.91. The van der Waals surface area contributed by atoms with Crippen LogP contribution in [-0.2, 0) is 22.4 Å². The van der Waals surface area contributed by atoms with Gasteiger partial charge in [0.05, 0.1) is 24.3 Å². The van der Waals surface area contributed by atoms with Crippen LogP contribution in [0.15, 0.2) is 84.9 Å². The van der Waals surface area contributed by atoms with Gasteiger partial charge in [-0.15, -0.1) is 0 Å². The minimum atomic E-state index is -0.865. The molecule has 0 saturated carbocycles. The third kappa shape index (κ3) is 8.25. The molecule has 1 unspecified atom stereocenters. The highest BCUT2D eigenvalue weighted by Gasteiger charge is 2.40. The van der Waals surface area contributed by atoms with Crippen molar-refractivity contribution in [2.24, 2.45) is 5.92 Å². The van der Waals surface area contributed by atoms with Gasteiger partial charge in [0, 0.05) is 37.4 Å². The number of para-hydroxylation sites is 1. The van der Waals surface area contributed by atoms with Crippen molar-refractivity contribution < 1.29 is 24.5 Å². The number of hydrogen-bond acceptors (Lipinski definition) is 6. The molecule has 2 amide bonds. The summed E-state index contributed by atoms with van der Waals surface area (Å²) < 4.78 is 6.22. The van der Waals surface area contributed by atoms with Crippen LogP contribution in [0.25, 0.3) is 0 Å². The van der Waals surface area contributed by atoms with Crippen molar-refractivity contribution in [1.82, 2.24) is 15.5 Å². The number of β-amino-alcohol motifs (C(OH)–C–C–N with tert-alkyl or cyclic N) is 1. The summed E-state index contributed by atoms with van der Waals surface area (Å²) >= 11 is 0. The zero-order valence-electron chi connectivity index (χ0n) is 25.9. The Hall–Kier alpha value is -3.72. The average Bonchev–Trinajstić information content (AvgIpc) is 3.52. The van der Waals surface area contributed by atoms with Crippen LogP contribution in [0.1, 0.15) is 56.3 Å². The van der Waals surface area contributed by atoms with Gasteiger partial charge in [0.1, 0.15) is 11.9 Å². The molecule has 1 aliphatic heterocycles. The molecule has 4 N–H and O–H groups in total. The van der Waals surface area contributed by atoms with Crippen molar-refractivity contribution in [3.63, 3.8) is 0 Å². The highest BCUT2D eigenvalue weighted by atomic mass is 16.5. The molecule has 234 valence electrons. The van der Waals surface area contributed by atoms with Crippen molar-refractivity contribution in [1.29, 1.82) is 0 Å². The second kappa shape index (κ2) is 13.9. The van der Waals surface area contributed by atoms with Gasteiger partial charge in [0.25, 0.3) is 0 Å². The van der Waals surface area contributed by atoms with Gasteiger partial charge in [-0.3, -0.25) is 14.5 Å². The molecule has 1 heterocycles. The molecule has 0 bridgehead atoms. The van der Waals surface area contributed by atoms with E-state index >= 15 is 0 Å². The Kier molecular flexibility index (Phi) is 10.0. The van der Waals surface area contributed by atoms with E-state index in [9.17, 15) is 19.8 Å². The molecule has 6 atom stereocenters. The number of rotatable bonds is 11. The highest BCUT2D eigenvalue weighted by molar-refractivity contribution is 5.83. The van der Waals surface area contributed by atoms with Gasteiger partial charge in [-0.2, -0.15) is 0 Å². The van der Waals surface area contributed by atoms with Gasteiger partial charge in [-0.25, -0.2) is 0 Å². The van der Waals surface area contributed by atoms with Crippen LogP contribution in [0, 0.1) is 5.92 Å². The van der Waals surface area contributed by atoms with Crippen LogP contribution >= 0.6 is 0 Å². The molecular formula is C36H45N3O5. The summed E-state index contributed by atoms with van der Waals surface area (Å²) in [7, 11) is 0. The maximum Gasteiger partial charge on any atom is 0.237 e. The smallest absolute Gasteiger partial charge is 0.237 e. The molecule has 0 aromatic heterocycles. The van der Waals surface area contributed by atoms with E-state index < -0.39 is 35.7 Å². The van der Waals surface area contributed by atoms with E-state index in [4.69, 9.17) is 4.74 Å². The minimum Gasteiger partial charge on any atom is -0.489 e. The average molecular weight is 600 g/mol. The van der Waals surface area contributed by atoms with Crippen molar-refractivity contribution in [3.05, 3.63) is 102 Å². The number of amides is 2. The number of benzene rings is 3. The first-order valence-electron chi connectivity index (χ1n) is 15.6. The molecule has 8 nitrogen and oxygen atoms in total. The molecule has 1 fully saturated rings. The van der Waals surface area contributed by atoms with Crippen LogP contribution in [0.5, 0.6) is 5.75 Å². The summed E-state index contributed by atoms with van der Waals surface area (Å²) in [6, 6.07) is 26.1. The highest BCUT2D eigenvalue weighted by Crippen LogP contribution is 2.32. The zero-order chi connectivity index (χ0) is 31.3. The van der Waals surface area contributed by atoms with E-state index in [0.29, 0.717) is 25.8 Å². The number of likely N-dealkylation sites (tertiary alicyclic amines) is 1. The van der Waals surface area contributed by atoms with Gasteiger partial charge < -0.3 is 25.6 Å². The molecule has 5 rings (SSSR count). The van der Waals surface area contributed by atoms with Gasteiger partial charge in [-0.05, 0) is 62.4 Å². The standard InChI is InChI=1S/C36H45N3O5/c1-36(2,3)38-35(43)31-21-29(44-28-15-8-5-9-16-28)23-39(31)22-27(40)19-26(18-24-12-6-4-7-13-24)34(42)37-33-30-17-11-10-14-25(30)20-32(33)41/h4-17,26-27,29,31-33,40-41H,18-23H2,1-3H3,(H,37,42)(H,38,43)/t26-,27+,29+,31?,32-,33+/m1/s1. The summed E-state index contributed by atoms with van der Waals surface area (Å²) in [5.41, 5.74) is 2.56. The van der Waals surface area contributed by atoms with Crippen LogP contribution in [0.2, 0.25) is 0 Å². The SMILES string of the molecule is CC(C)(C)NC(=O)C1C[C@H](Oc2ccccc2)CN1C[C@@H](O)C[C@@H](Cc1ccccc1)C(=O)N[C@H]1c2ccccc2C[C@H]1O. The van der Waals surface area contributed by atoms with E-state index in [1.165, 1.54) is 0 Å². The molecule has 1 saturated heterocycles. The number of nitrogens with one attached hydrogen (secondary N) is 2.